The number of tetrazole rings is 1. The van der Waals surface area contributed by atoms with Crippen molar-refractivity contribution in [3.63, 3.8) is 0 Å². The normalized spacial score (nSPS) is 13.0. The lowest BCUT2D eigenvalue weighted by Gasteiger charge is -1.94. The topological polar surface area (TPSA) is 74.7 Å². The summed E-state index contributed by atoms with van der Waals surface area (Å²) in [6.07, 6.45) is 0.544. The van der Waals surface area contributed by atoms with Gasteiger partial charge in [0.15, 0.2) is 5.82 Å². The Morgan fingerprint density at radius 1 is 1.78 bits per heavy atom. The molecule has 0 aliphatic carbocycles. The fraction of sp³-hybridized carbons (Fsp3) is 0.250. The van der Waals surface area contributed by atoms with Gasteiger partial charge < -0.3 is 5.11 Å². The van der Waals surface area contributed by atoms with Gasteiger partial charge in [-0.15, -0.1) is 11.7 Å². The average molecular weight is 126 g/mol. The van der Waals surface area contributed by atoms with Gasteiger partial charge in [0, 0.05) is 0 Å². The highest BCUT2D eigenvalue weighted by Gasteiger charge is 2.04. The van der Waals surface area contributed by atoms with Gasteiger partial charge in [0.05, 0.1) is 0 Å². The van der Waals surface area contributed by atoms with Crippen LogP contribution in [0.1, 0.15) is 11.9 Å². The van der Waals surface area contributed by atoms with Gasteiger partial charge in [-0.1, -0.05) is 6.08 Å². The summed E-state index contributed by atoms with van der Waals surface area (Å²) in [4.78, 5) is 0. The molecule has 0 saturated heterocycles. The van der Waals surface area contributed by atoms with Crippen LogP contribution in [0.15, 0.2) is 12.7 Å². The standard InChI is InChI=1S/C4H6N4O/c1-2-3(9)4-5-7-8-6-4/h2-3,9H,1H2,(H,5,6,7,8). The second kappa shape index (κ2) is 2.36. The number of hydrogen-bond donors (Lipinski definition) is 2. The van der Waals surface area contributed by atoms with Gasteiger partial charge in [-0.2, -0.15) is 0 Å². The van der Waals surface area contributed by atoms with Gasteiger partial charge in [0.25, 0.3) is 0 Å². The Kier molecular flexibility index (Phi) is 1.55. The van der Waals surface area contributed by atoms with Crippen molar-refractivity contribution in [3.05, 3.63) is 18.5 Å². The van der Waals surface area contributed by atoms with Crippen molar-refractivity contribution in [1.29, 1.82) is 0 Å². The molecule has 1 aromatic rings. The minimum absolute atomic E-state index is 0.310. The molecule has 0 aromatic carbocycles. The van der Waals surface area contributed by atoms with Gasteiger partial charge in [-0.3, -0.25) is 0 Å². The van der Waals surface area contributed by atoms with Crippen molar-refractivity contribution in [2.45, 2.75) is 6.10 Å². The Balaban J connectivity index is 2.76. The first kappa shape index (κ1) is 5.90. The average Bonchev–Trinajstić information content (AvgIpc) is 2.37. The quantitative estimate of drug-likeness (QED) is 0.520. The van der Waals surface area contributed by atoms with E-state index < -0.39 is 6.10 Å². The van der Waals surface area contributed by atoms with Gasteiger partial charge in [-0.25, -0.2) is 5.10 Å². The first-order valence-electron chi connectivity index (χ1n) is 2.39. The van der Waals surface area contributed by atoms with Crippen LogP contribution < -0.4 is 0 Å². The lowest BCUT2D eigenvalue weighted by molar-refractivity contribution is 0.218. The van der Waals surface area contributed by atoms with Crippen molar-refractivity contribution >= 4 is 0 Å². The summed E-state index contributed by atoms with van der Waals surface area (Å²) in [6, 6.07) is 0. The molecule has 0 aliphatic rings. The van der Waals surface area contributed by atoms with Crippen LogP contribution in [0.4, 0.5) is 0 Å². The number of hydrogen-bond acceptors (Lipinski definition) is 4. The van der Waals surface area contributed by atoms with Gasteiger partial charge in [0.1, 0.15) is 6.10 Å². The molecule has 5 heteroatoms. The third kappa shape index (κ3) is 1.11. The van der Waals surface area contributed by atoms with Crippen LogP contribution in [0, 0.1) is 0 Å². The predicted molar refractivity (Wildman–Crippen MR) is 29.3 cm³/mol. The molecule has 0 amide bonds. The van der Waals surface area contributed by atoms with Crippen LogP contribution in [-0.4, -0.2) is 25.7 Å². The molecule has 1 atom stereocenters. The van der Waals surface area contributed by atoms with Crippen molar-refractivity contribution in [3.8, 4) is 0 Å². The van der Waals surface area contributed by atoms with Crippen LogP contribution in [0.3, 0.4) is 0 Å². The van der Waals surface area contributed by atoms with Crippen LogP contribution in [0.5, 0.6) is 0 Å². The lowest BCUT2D eigenvalue weighted by Crippen LogP contribution is -1.94. The molecule has 0 spiro atoms. The van der Waals surface area contributed by atoms with E-state index in [4.69, 9.17) is 5.11 Å². The van der Waals surface area contributed by atoms with E-state index in [0.717, 1.165) is 0 Å². The maximum absolute atomic E-state index is 8.93. The van der Waals surface area contributed by atoms with Gasteiger partial charge in [-0.05, 0) is 10.4 Å². The Hall–Kier alpha value is -1.23. The molecule has 0 aliphatic heterocycles. The highest BCUT2D eigenvalue weighted by Crippen LogP contribution is 2.02. The molecule has 5 nitrogen and oxygen atoms in total. The maximum atomic E-state index is 8.93. The van der Waals surface area contributed by atoms with Crippen LogP contribution in [0.25, 0.3) is 0 Å². The summed E-state index contributed by atoms with van der Waals surface area (Å²) in [5, 5.41) is 21.3. The summed E-state index contributed by atoms with van der Waals surface area (Å²) in [5.74, 6) is 0.310. The summed E-state index contributed by atoms with van der Waals surface area (Å²) >= 11 is 0. The zero-order chi connectivity index (χ0) is 6.69. The van der Waals surface area contributed by atoms with Crippen LogP contribution >= 0.6 is 0 Å². The molecule has 1 heterocycles. The van der Waals surface area contributed by atoms with E-state index >= 15 is 0 Å². The number of aliphatic hydroxyl groups is 1. The van der Waals surface area contributed by atoms with E-state index in [1.165, 1.54) is 6.08 Å². The second-order valence-electron chi connectivity index (χ2n) is 1.47. The molecule has 1 rings (SSSR count). The van der Waals surface area contributed by atoms with E-state index in [-0.39, 0.29) is 0 Å². The zero-order valence-electron chi connectivity index (χ0n) is 4.65. The molecule has 0 fully saturated rings. The van der Waals surface area contributed by atoms with Crippen molar-refractivity contribution in [1.82, 2.24) is 20.6 Å². The molecule has 9 heavy (non-hydrogen) atoms. The fourth-order valence-corrected chi connectivity index (χ4v) is 0.403. The van der Waals surface area contributed by atoms with E-state index in [9.17, 15) is 0 Å². The lowest BCUT2D eigenvalue weighted by atomic mass is 10.3. The van der Waals surface area contributed by atoms with E-state index in [1.54, 1.807) is 0 Å². The number of nitrogens with one attached hydrogen (secondary N) is 1. The largest absolute Gasteiger partial charge is 0.381 e. The molecular formula is C4H6N4O. The minimum atomic E-state index is -0.792. The summed E-state index contributed by atoms with van der Waals surface area (Å²) < 4.78 is 0. The molecule has 0 bridgehead atoms. The Morgan fingerprint density at radius 3 is 3.00 bits per heavy atom. The van der Waals surface area contributed by atoms with E-state index in [1.807, 2.05) is 0 Å². The third-order valence-electron chi connectivity index (χ3n) is 0.865. The Morgan fingerprint density at radius 2 is 2.56 bits per heavy atom. The molecule has 1 aromatic heterocycles. The first-order valence-corrected chi connectivity index (χ1v) is 2.39. The fourth-order valence-electron chi connectivity index (χ4n) is 0.403. The highest BCUT2D eigenvalue weighted by atomic mass is 16.3. The smallest absolute Gasteiger partial charge is 0.181 e. The number of aliphatic hydroxyl groups excluding tert-OH is 1. The Labute approximate surface area is 51.4 Å². The van der Waals surface area contributed by atoms with Crippen molar-refractivity contribution in [2.75, 3.05) is 0 Å². The van der Waals surface area contributed by atoms with Gasteiger partial charge >= 0.3 is 0 Å². The maximum Gasteiger partial charge on any atom is 0.181 e. The van der Waals surface area contributed by atoms with Crippen LogP contribution in [-0.2, 0) is 0 Å². The van der Waals surface area contributed by atoms with Crippen molar-refractivity contribution < 1.29 is 5.11 Å². The monoisotopic (exact) mass is 126 g/mol. The number of rotatable bonds is 2. The van der Waals surface area contributed by atoms with E-state index in [2.05, 4.69) is 27.2 Å². The first-order chi connectivity index (χ1) is 4.34. The van der Waals surface area contributed by atoms with E-state index in [0.29, 0.717) is 5.82 Å². The zero-order valence-corrected chi connectivity index (χ0v) is 4.65. The number of aromatic nitrogens is 4. The molecule has 48 valence electrons. The van der Waals surface area contributed by atoms with Crippen molar-refractivity contribution in [2.24, 2.45) is 0 Å². The number of nitrogens with zero attached hydrogens (tertiary/aromatic N) is 3. The molecule has 0 radical (unpaired) electrons. The van der Waals surface area contributed by atoms with Crippen LogP contribution in [0.2, 0.25) is 0 Å². The number of aromatic amines is 1. The summed E-state index contributed by atoms with van der Waals surface area (Å²) in [5.41, 5.74) is 0. The molecule has 1 unspecified atom stereocenters. The van der Waals surface area contributed by atoms with Gasteiger partial charge in [0.2, 0.25) is 0 Å². The number of H-pyrrole nitrogens is 1. The predicted octanol–water partition coefficient (Wildman–Crippen LogP) is -0.581. The molecular weight excluding hydrogens is 120 g/mol. The highest BCUT2D eigenvalue weighted by molar-refractivity contribution is 4.93. The molecule has 0 saturated carbocycles. The third-order valence-corrected chi connectivity index (χ3v) is 0.865. The summed E-state index contributed by atoms with van der Waals surface area (Å²) in [7, 11) is 0. The summed E-state index contributed by atoms with van der Waals surface area (Å²) in [6.45, 7) is 3.35. The minimum Gasteiger partial charge on any atom is -0.381 e. The Bertz CT molecular complexity index is 182. The second-order valence-corrected chi connectivity index (χ2v) is 1.47. The SMILES string of the molecule is C=CC(O)c1nnn[nH]1. The molecule has 2 N–H and O–H groups in total.